The van der Waals surface area contributed by atoms with Crippen molar-refractivity contribution in [2.24, 2.45) is 11.8 Å². The minimum atomic E-state index is 0.271. The molecule has 102 valence electrons. The number of allylic oxidation sites excluding steroid dienone is 2. The van der Waals surface area contributed by atoms with Crippen molar-refractivity contribution in [2.45, 2.75) is 25.7 Å². The van der Waals surface area contributed by atoms with Crippen LogP contribution in [0.2, 0.25) is 0 Å². The smallest absolute Gasteiger partial charge is 0.223 e. The second-order valence-corrected chi connectivity index (χ2v) is 5.93. The van der Waals surface area contributed by atoms with E-state index in [1.807, 2.05) is 4.90 Å². The van der Waals surface area contributed by atoms with Crippen LogP contribution in [0.5, 0.6) is 0 Å². The van der Waals surface area contributed by atoms with E-state index in [1.54, 1.807) is 0 Å². The molecule has 19 heavy (non-hydrogen) atoms. The van der Waals surface area contributed by atoms with Crippen molar-refractivity contribution < 1.29 is 4.79 Å². The largest absolute Gasteiger partial charge is 0.332 e. The van der Waals surface area contributed by atoms with E-state index in [0.717, 1.165) is 31.3 Å². The second-order valence-electron chi connectivity index (χ2n) is 5.93. The molecule has 1 aliphatic carbocycles. The summed E-state index contributed by atoms with van der Waals surface area (Å²) in [4.78, 5) is 15.8. The maximum Gasteiger partial charge on any atom is 0.223 e. The van der Waals surface area contributed by atoms with Crippen LogP contribution >= 0.6 is 0 Å². The van der Waals surface area contributed by atoms with Gasteiger partial charge < -0.3 is 4.90 Å². The van der Waals surface area contributed by atoms with E-state index >= 15 is 0 Å². The van der Waals surface area contributed by atoms with Crippen LogP contribution in [0.1, 0.15) is 25.7 Å². The van der Waals surface area contributed by atoms with Crippen molar-refractivity contribution in [3.05, 3.63) is 12.2 Å². The summed E-state index contributed by atoms with van der Waals surface area (Å²) < 4.78 is 0. The molecule has 2 saturated heterocycles. The fraction of sp³-hybridized carbons (Fsp3) is 0.688. The third-order valence-corrected chi connectivity index (χ3v) is 4.57. The topological polar surface area (TPSA) is 23.6 Å². The van der Waals surface area contributed by atoms with E-state index in [1.165, 1.54) is 25.9 Å². The van der Waals surface area contributed by atoms with Gasteiger partial charge in [-0.3, -0.25) is 9.69 Å². The van der Waals surface area contributed by atoms with Crippen LogP contribution < -0.4 is 0 Å². The summed E-state index contributed by atoms with van der Waals surface area (Å²) in [7, 11) is 0. The minimum absolute atomic E-state index is 0.271. The highest BCUT2D eigenvalue weighted by Crippen LogP contribution is 2.32. The second kappa shape index (κ2) is 5.79. The first-order chi connectivity index (χ1) is 9.33. The molecule has 2 fully saturated rings. The molecule has 1 amide bonds. The van der Waals surface area contributed by atoms with Gasteiger partial charge in [0.15, 0.2) is 0 Å². The highest BCUT2D eigenvalue weighted by Gasteiger charge is 2.31. The number of carbonyl (C=O) groups excluding carboxylic acids is 1. The third kappa shape index (κ3) is 3.01. The fourth-order valence-electron chi connectivity index (χ4n) is 3.43. The molecule has 0 saturated carbocycles. The van der Waals surface area contributed by atoms with E-state index in [4.69, 9.17) is 0 Å². The van der Waals surface area contributed by atoms with Crippen LogP contribution in [0, 0.1) is 23.7 Å². The molecule has 0 N–H and O–H groups in total. The number of hydrogen-bond donors (Lipinski definition) is 0. The van der Waals surface area contributed by atoms with E-state index in [2.05, 4.69) is 28.9 Å². The van der Waals surface area contributed by atoms with Gasteiger partial charge in [0.05, 0.1) is 13.1 Å². The number of rotatable bonds is 2. The lowest BCUT2D eigenvalue weighted by molar-refractivity contribution is -0.127. The van der Waals surface area contributed by atoms with E-state index in [-0.39, 0.29) is 5.91 Å². The molecule has 2 unspecified atom stereocenters. The number of hydrogen-bond acceptors (Lipinski definition) is 2. The van der Waals surface area contributed by atoms with Gasteiger partial charge in [0.25, 0.3) is 0 Å². The Labute approximate surface area is 115 Å². The standard InChI is InChI=1S/C16H22N2O/c19-16-8-5-11-18(16)10-4-3-9-17-12-14-6-1-2-7-15(14)13-17/h1-2,14-15H,5-13H2. The maximum absolute atomic E-state index is 11.4. The van der Waals surface area contributed by atoms with Gasteiger partial charge in [-0.2, -0.15) is 0 Å². The Morgan fingerprint density at radius 1 is 1.11 bits per heavy atom. The van der Waals surface area contributed by atoms with Gasteiger partial charge in [-0.15, -0.1) is 0 Å². The monoisotopic (exact) mass is 258 g/mol. The highest BCUT2D eigenvalue weighted by molar-refractivity contribution is 5.78. The zero-order valence-corrected chi connectivity index (χ0v) is 11.5. The van der Waals surface area contributed by atoms with Gasteiger partial charge in [-0.05, 0) is 31.1 Å². The van der Waals surface area contributed by atoms with E-state index in [9.17, 15) is 4.79 Å². The zero-order valence-electron chi connectivity index (χ0n) is 11.5. The third-order valence-electron chi connectivity index (χ3n) is 4.57. The lowest BCUT2D eigenvalue weighted by atomic mass is 9.86. The highest BCUT2D eigenvalue weighted by atomic mass is 16.2. The maximum atomic E-state index is 11.4. The number of carbonyl (C=O) groups is 1. The molecule has 2 atom stereocenters. The molecule has 0 aromatic rings. The van der Waals surface area contributed by atoms with Crippen LogP contribution in [-0.4, -0.2) is 48.4 Å². The summed E-state index contributed by atoms with van der Waals surface area (Å²) in [6.45, 7) is 4.79. The normalized spacial score (nSPS) is 30.3. The molecule has 0 aromatic carbocycles. The van der Waals surface area contributed by atoms with Gasteiger partial charge >= 0.3 is 0 Å². The quantitative estimate of drug-likeness (QED) is 0.554. The number of fused-ring (bicyclic) bond motifs is 1. The molecule has 3 heteroatoms. The summed E-state index contributed by atoms with van der Waals surface area (Å²) in [5.41, 5.74) is 0. The minimum Gasteiger partial charge on any atom is -0.332 e. The molecule has 3 nitrogen and oxygen atoms in total. The van der Waals surface area contributed by atoms with Crippen LogP contribution in [0.15, 0.2) is 12.2 Å². The molecular formula is C16H22N2O. The fourth-order valence-corrected chi connectivity index (χ4v) is 3.43. The number of amides is 1. The van der Waals surface area contributed by atoms with Crippen LogP contribution in [-0.2, 0) is 4.79 Å². The van der Waals surface area contributed by atoms with Crippen molar-refractivity contribution in [3.63, 3.8) is 0 Å². The van der Waals surface area contributed by atoms with Crippen molar-refractivity contribution in [2.75, 3.05) is 32.7 Å². The predicted octanol–water partition coefficient (Wildman–Crippen LogP) is 1.51. The molecule has 0 bridgehead atoms. The Hall–Kier alpha value is -1.27. The first-order valence-electron chi connectivity index (χ1n) is 7.44. The van der Waals surface area contributed by atoms with Gasteiger partial charge in [-0.25, -0.2) is 0 Å². The summed E-state index contributed by atoms with van der Waals surface area (Å²) in [6.07, 6.45) is 8.87. The Bertz CT molecular complexity index is 416. The number of likely N-dealkylation sites (tertiary alicyclic amines) is 2. The molecule has 2 aliphatic heterocycles. The first-order valence-corrected chi connectivity index (χ1v) is 7.44. The Morgan fingerprint density at radius 2 is 1.79 bits per heavy atom. The van der Waals surface area contributed by atoms with E-state index in [0.29, 0.717) is 13.0 Å². The van der Waals surface area contributed by atoms with Crippen molar-refractivity contribution in [1.82, 2.24) is 9.80 Å². The Kier molecular flexibility index (Phi) is 3.89. The van der Waals surface area contributed by atoms with Crippen LogP contribution in [0.25, 0.3) is 0 Å². The zero-order chi connectivity index (χ0) is 13.1. The summed E-state index contributed by atoms with van der Waals surface area (Å²) >= 11 is 0. The molecule has 3 rings (SSSR count). The van der Waals surface area contributed by atoms with Crippen molar-refractivity contribution in [3.8, 4) is 11.8 Å². The Balaban J connectivity index is 1.42. The molecule has 0 spiro atoms. The van der Waals surface area contributed by atoms with Gasteiger partial charge in [0.1, 0.15) is 0 Å². The van der Waals surface area contributed by atoms with Gasteiger partial charge in [0.2, 0.25) is 5.91 Å². The molecule has 0 aromatic heterocycles. The van der Waals surface area contributed by atoms with Crippen LogP contribution in [0.4, 0.5) is 0 Å². The van der Waals surface area contributed by atoms with Gasteiger partial charge in [-0.1, -0.05) is 24.0 Å². The number of nitrogens with zero attached hydrogens (tertiary/aromatic N) is 2. The summed E-state index contributed by atoms with van der Waals surface area (Å²) in [6, 6.07) is 0. The Morgan fingerprint density at radius 3 is 2.42 bits per heavy atom. The summed E-state index contributed by atoms with van der Waals surface area (Å²) in [5.74, 6) is 8.39. The molecule has 0 radical (unpaired) electrons. The first kappa shape index (κ1) is 12.7. The lowest BCUT2D eigenvalue weighted by Gasteiger charge is -2.18. The van der Waals surface area contributed by atoms with Crippen molar-refractivity contribution in [1.29, 1.82) is 0 Å². The predicted molar refractivity (Wildman–Crippen MR) is 75.4 cm³/mol. The average Bonchev–Trinajstić information content (AvgIpc) is 3.00. The van der Waals surface area contributed by atoms with E-state index < -0.39 is 0 Å². The van der Waals surface area contributed by atoms with Crippen molar-refractivity contribution >= 4 is 5.91 Å². The molecule has 3 aliphatic rings. The molecular weight excluding hydrogens is 236 g/mol. The van der Waals surface area contributed by atoms with Gasteiger partial charge in [0, 0.05) is 26.1 Å². The SMILES string of the molecule is O=C1CCCN1CC#CCN1CC2CC=CCC2C1. The van der Waals surface area contributed by atoms with Crippen LogP contribution in [0.3, 0.4) is 0 Å². The molecule has 2 heterocycles. The lowest BCUT2D eigenvalue weighted by Crippen LogP contribution is -2.25. The summed E-state index contributed by atoms with van der Waals surface area (Å²) in [5, 5.41) is 0. The average molecular weight is 258 g/mol.